The summed E-state index contributed by atoms with van der Waals surface area (Å²) in [6, 6.07) is 15.6. The van der Waals surface area contributed by atoms with Gasteiger partial charge in [0.25, 0.3) is 11.5 Å². The lowest BCUT2D eigenvalue weighted by Gasteiger charge is -2.33. The molecule has 252 valence electrons. The lowest BCUT2D eigenvalue weighted by Crippen LogP contribution is -2.40. The normalized spacial score (nSPS) is 14.3. The van der Waals surface area contributed by atoms with E-state index in [1.165, 1.54) is 29.2 Å². The number of carbonyl (C=O) groups excluding carboxylic acids is 2. The highest BCUT2D eigenvalue weighted by Gasteiger charge is 2.29. The third kappa shape index (κ3) is 6.46. The minimum atomic E-state index is -1.47. The second-order valence-electron chi connectivity index (χ2n) is 12.6. The standard InChI is InChI=1S/C37H39FN8O3/c1-5-8-30(38)27-19-29(37(49)45(23(27)4)32-9-6-7-16-40-32)35(47)43-26-12-10-24(11-13-26)28-20-31(46-33(28)34(39)41-21-42-46)25-14-17-44(18-15-25)36(48)22(2)3/h5-7,9-13,16,19-22,25,30H,1,8,14-15,17-18H2,2-4H3,(H,43,47)(H2,39,41,42). The first-order valence-electron chi connectivity index (χ1n) is 16.3. The summed E-state index contributed by atoms with van der Waals surface area (Å²) in [5.74, 6) is 0.248. The van der Waals surface area contributed by atoms with Crippen molar-refractivity contribution in [3.8, 4) is 16.9 Å². The molecule has 1 atom stereocenters. The molecular formula is C37H39FN8O3. The van der Waals surface area contributed by atoms with Crippen LogP contribution >= 0.6 is 0 Å². The predicted molar refractivity (Wildman–Crippen MR) is 187 cm³/mol. The van der Waals surface area contributed by atoms with E-state index in [4.69, 9.17) is 5.73 Å². The molecule has 4 aromatic heterocycles. The van der Waals surface area contributed by atoms with Gasteiger partial charge in [0.05, 0.1) is 0 Å². The SMILES string of the molecule is C=CCC(F)c1cc(C(=O)Nc2ccc(-c3cc(C4CCN(C(=O)C(C)C)CC4)n4ncnc(N)c34)cc2)c(=O)n(-c2ccccn2)c1C. The number of likely N-dealkylation sites (tertiary alicyclic amines) is 1. The van der Waals surface area contributed by atoms with E-state index in [2.05, 4.69) is 33.0 Å². The number of hydrogen-bond donors (Lipinski definition) is 2. The first-order chi connectivity index (χ1) is 23.6. The first-order valence-corrected chi connectivity index (χ1v) is 16.3. The van der Waals surface area contributed by atoms with Crippen LogP contribution in [0, 0.1) is 12.8 Å². The van der Waals surface area contributed by atoms with Crippen LogP contribution in [-0.2, 0) is 4.79 Å². The molecule has 11 nitrogen and oxygen atoms in total. The van der Waals surface area contributed by atoms with Gasteiger partial charge in [0.15, 0.2) is 5.82 Å². The fraction of sp³-hybridized carbons (Fsp3) is 0.297. The van der Waals surface area contributed by atoms with Crippen LogP contribution in [-0.4, -0.2) is 54.0 Å². The molecule has 12 heteroatoms. The van der Waals surface area contributed by atoms with Gasteiger partial charge in [-0.1, -0.05) is 38.1 Å². The molecule has 2 amide bonds. The summed E-state index contributed by atoms with van der Waals surface area (Å²) in [7, 11) is 0. The number of nitrogens with two attached hydrogens (primary N) is 1. The Balaban J connectivity index is 1.29. The average molecular weight is 663 g/mol. The van der Waals surface area contributed by atoms with Crippen LogP contribution in [0.25, 0.3) is 22.5 Å². The molecule has 0 aliphatic carbocycles. The van der Waals surface area contributed by atoms with E-state index >= 15 is 4.39 Å². The Hall–Kier alpha value is -5.65. The number of anilines is 2. The number of carbonyl (C=O) groups is 2. The topological polar surface area (TPSA) is 141 Å². The van der Waals surface area contributed by atoms with Gasteiger partial charge in [0.2, 0.25) is 5.91 Å². The van der Waals surface area contributed by atoms with E-state index in [0.717, 1.165) is 29.7 Å². The molecule has 0 saturated carbocycles. The van der Waals surface area contributed by atoms with Gasteiger partial charge in [-0.05, 0) is 61.7 Å². The number of benzene rings is 1. The van der Waals surface area contributed by atoms with E-state index in [1.807, 2.05) is 35.4 Å². The fourth-order valence-corrected chi connectivity index (χ4v) is 6.53. The van der Waals surface area contributed by atoms with Crippen molar-refractivity contribution in [2.45, 2.75) is 52.1 Å². The number of nitrogens with zero attached hydrogens (tertiary/aromatic N) is 6. The van der Waals surface area contributed by atoms with Gasteiger partial charge >= 0.3 is 0 Å². The van der Waals surface area contributed by atoms with E-state index < -0.39 is 17.6 Å². The van der Waals surface area contributed by atoms with Crippen molar-refractivity contribution in [3.05, 3.63) is 113 Å². The zero-order valence-electron chi connectivity index (χ0n) is 27.8. The zero-order valence-corrected chi connectivity index (χ0v) is 27.8. The van der Waals surface area contributed by atoms with Gasteiger partial charge in [-0.25, -0.2) is 18.9 Å². The number of allylic oxidation sites excluding steroid dienone is 1. The van der Waals surface area contributed by atoms with Crippen LogP contribution in [0.5, 0.6) is 0 Å². The van der Waals surface area contributed by atoms with Gasteiger partial charge in [0, 0.05) is 65.7 Å². The van der Waals surface area contributed by atoms with Crippen molar-refractivity contribution in [1.29, 1.82) is 0 Å². The van der Waals surface area contributed by atoms with Crippen molar-refractivity contribution in [2.75, 3.05) is 24.1 Å². The minimum Gasteiger partial charge on any atom is -0.382 e. The zero-order chi connectivity index (χ0) is 34.8. The molecule has 1 aliphatic heterocycles. The fourth-order valence-electron chi connectivity index (χ4n) is 6.53. The molecule has 1 saturated heterocycles. The van der Waals surface area contributed by atoms with Crippen molar-refractivity contribution in [1.82, 2.24) is 29.0 Å². The Morgan fingerprint density at radius 3 is 2.49 bits per heavy atom. The lowest BCUT2D eigenvalue weighted by atomic mass is 9.92. The number of pyridine rings is 2. The number of fused-ring (bicyclic) bond motifs is 1. The summed E-state index contributed by atoms with van der Waals surface area (Å²) in [4.78, 5) is 50.2. The largest absolute Gasteiger partial charge is 0.382 e. The highest BCUT2D eigenvalue weighted by atomic mass is 19.1. The molecule has 5 heterocycles. The van der Waals surface area contributed by atoms with Crippen LogP contribution in [0.15, 0.2) is 84.6 Å². The van der Waals surface area contributed by atoms with Crippen LogP contribution in [0.1, 0.15) is 72.5 Å². The quantitative estimate of drug-likeness (QED) is 0.184. The number of nitrogen functional groups attached to an aromatic ring is 1. The Bertz CT molecular complexity index is 2080. The third-order valence-electron chi connectivity index (χ3n) is 9.10. The smallest absolute Gasteiger partial charge is 0.269 e. The van der Waals surface area contributed by atoms with E-state index in [9.17, 15) is 14.4 Å². The number of amides is 2. The Morgan fingerprint density at radius 2 is 1.84 bits per heavy atom. The minimum absolute atomic E-state index is 0.0206. The number of alkyl halides is 1. The van der Waals surface area contributed by atoms with E-state index in [1.54, 1.807) is 37.3 Å². The summed E-state index contributed by atoms with van der Waals surface area (Å²) < 4.78 is 18.4. The molecule has 1 aromatic carbocycles. The molecule has 1 fully saturated rings. The maximum Gasteiger partial charge on any atom is 0.269 e. The van der Waals surface area contributed by atoms with Crippen molar-refractivity contribution >= 4 is 28.8 Å². The maximum atomic E-state index is 15.3. The molecule has 6 rings (SSSR count). The van der Waals surface area contributed by atoms with Gasteiger partial charge in [-0.2, -0.15) is 5.10 Å². The second-order valence-corrected chi connectivity index (χ2v) is 12.6. The number of nitrogens with one attached hydrogen (secondary N) is 1. The number of hydrogen-bond acceptors (Lipinski definition) is 7. The molecule has 0 spiro atoms. The Morgan fingerprint density at radius 1 is 1.10 bits per heavy atom. The van der Waals surface area contributed by atoms with Gasteiger partial charge < -0.3 is 16.0 Å². The summed E-state index contributed by atoms with van der Waals surface area (Å²) >= 11 is 0. The molecular weight excluding hydrogens is 623 g/mol. The second kappa shape index (κ2) is 13.8. The average Bonchev–Trinajstić information content (AvgIpc) is 3.50. The van der Waals surface area contributed by atoms with Crippen molar-refractivity contribution < 1.29 is 14.0 Å². The van der Waals surface area contributed by atoms with Crippen LogP contribution in [0.3, 0.4) is 0 Å². The van der Waals surface area contributed by atoms with Gasteiger partial charge in [-0.3, -0.25) is 19.0 Å². The predicted octanol–water partition coefficient (Wildman–Crippen LogP) is 6.03. The highest BCUT2D eigenvalue weighted by molar-refractivity contribution is 6.04. The Kier molecular flexibility index (Phi) is 9.39. The molecule has 1 aliphatic rings. The number of halogens is 1. The molecule has 0 radical (unpaired) electrons. The number of aromatic nitrogens is 5. The maximum absolute atomic E-state index is 15.3. The molecule has 5 aromatic rings. The summed E-state index contributed by atoms with van der Waals surface area (Å²) in [6.45, 7) is 10.4. The van der Waals surface area contributed by atoms with Crippen LogP contribution in [0.4, 0.5) is 15.9 Å². The number of rotatable bonds is 9. The summed E-state index contributed by atoms with van der Waals surface area (Å²) in [5, 5.41) is 7.33. The van der Waals surface area contributed by atoms with E-state index in [-0.39, 0.29) is 41.1 Å². The summed E-state index contributed by atoms with van der Waals surface area (Å²) in [6.07, 6.45) is 4.59. The van der Waals surface area contributed by atoms with Crippen molar-refractivity contribution in [3.63, 3.8) is 0 Å². The first kappa shape index (κ1) is 33.3. The summed E-state index contributed by atoms with van der Waals surface area (Å²) in [5.41, 5.74) is 9.90. The van der Waals surface area contributed by atoms with Crippen LogP contribution in [0.2, 0.25) is 0 Å². The lowest BCUT2D eigenvalue weighted by molar-refractivity contribution is -0.135. The molecule has 0 bridgehead atoms. The van der Waals surface area contributed by atoms with Crippen LogP contribution < -0.4 is 16.6 Å². The highest BCUT2D eigenvalue weighted by Crippen LogP contribution is 2.37. The monoisotopic (exact) mass is 662 g/mol. The van der Waals surface area contributed by atoms with Crippen molar-refractivity contribution in [2.24, 2.45) is 5.92 Å². The van der Waals surface area contributed by atoms with Gasteiger partial charge in [0.1, 0.15) is 29.4 Å². The van der Waals surface area contributed by atoms with E-state index in [0.29, 0.717) is 35.8 Å². The molecule has 49 heavy (non-hydrogen) atoms. The number of piperidine rings is 1. The molecule has 3 N–H and O–H groups in total. The molecule has 1 unspecified atom stereocenters. The Labute approximate surface area is 283 Å². The van der Waals surface area contributed by atoms with Gasteiger partial charge in [-0.15, -0.1) is 6.58 Å². The third-order valence-corrected chi connectivity index (χ3v) is 9.10.